The number of rotatable bonds is 12. The van der Waals surface area contributed by atoms with E-state index in [1.807, 2.05) is 29.2 Å². The summed E-state index contributed by atoms with van der Waals surface area (Å²) < 4.78 is 22.4. The van der Waals surface area contributed by atoms with Crippen molar-refractivity contribution >= 4 is 11.9 Å². The number of piperidine rings is 1. The van der Waals surface area contributed by atoms with Crippen LogP contribution in [0, 0.1) is 5.92 Å². The maximum absolute atomic E-state index is 14.3. The maximum Gasteiger partial charge on any atom is 0.339 e. The number of hydrogen-bond donors (Lipinski definition) is 1. The molecule has 38 heavy (non-hydrogen) atoms. The van der Waals surface area contributed by atoms with Crippen molar-refractivity contribution < 1.29 is 28.5 Å². The minimum atomic E-state index is -0.917. The number of amides is 1. The fourth-order valence-electron chi connectivity index (χ4n) is 5.78. The molecule has 1 aliphatic carbocycles. The molecular formula is C30H38N2O6. The van der Waals surface area contributed by atoms with Crippen LogP contribution in [0.4, 0.5) is 0 Å². The predicted octanol–water partition coefficient (Wildman–Crippen LogP) is 3.46. The zero-order valence-corrected chi connectivity index (χ0v) is 22.4. The van der Waals surface area contributed by atoms with Crippen LogP contribution in [0.3, 0.4) is 0 Å². The van der Waals surface area contributed by atoms with Gasteiger partial charge in [-0.25, -0.2) is 4.79 Å². The van der Waals surface area contributed by atoms with Crippen molar-refractivity contribution in [3.05, 3.63) is 64.7 Å². The molecule has 8 nitrogen and oxygen atoms in total. The molecule has 8 heteroatoms. The maximum atomic E-state index is 14.3. The highest BCUT2D eigenvalue weighted by atomic mass is 16.6. The molecule has 1 unspecified atom stereocenters. The van der Waals surface area contributed by atoms with Crippen molar-refractivity contribution in [2.45, 2.75) is 50.3 Å². The van der Waals surface area contributed by atoms with Gasteiger partial charge in [-0.2, -0.15) is 0 Å². The molecule has 2 aliphatic heterocycles. The summed E-state index contributed by atoms with van der Waals surface area (Å²) in [5, 5.41) is 3.38. The van der Waals surface area contributed by atoms with Crippen LogP contribution < -0.4 is 10.1 Å². The van der Waals surface area contributed by atoms with Crippen molar-refractivity contribution in [2.24, 2.45) is 5.92 Å². The predicted molar refractivity (Wildman–Crippen MR) is 142 cm³/mol. The fraction of sp³-hybridized carbons (Fsp3) is 0.533. The van der Waals surface area contributed by atoms with Gasteiger partial charge in [0.1, 0.15) is 12.4 Å². The highest BCUT2D eigenvalue weighted by Gasteiger charge is 2.56. The van der Waals surface area contributed by atoms with Crippen LogP contribution in [-0.2, 0) is 37.6 Å². The number of benzene rings is 2. The van der Waals surface area contributed by atoms with Crippen molar-refractivity contribution in [2.75, 3.05) is 47.1 Å². The van der Waals surface area contributed by atoms with Gasteiger partial charge in [-0.1, -0.05) is 24.3 Å². The highest BCUT2D eigenvalue weighted by Crippen LogP contribution is 2.47. The second-order valence-corrected chi connectivity index (χ2v) is 10.5. The number of aryl methyl sites for hydroxylation is 1. The molecule has 2 aromatic carbocycles. The van der Waals surface area contributed by atoms with Crippen LogP contribution in [-0.4, -0.2) is 69.9 Å². The van der Waals surface area contributed by atoms with Crippen LogP contribution in [0.5, 0.6) is 5.75 Å². The Morgan fingerprint density at radius 1 is 1.08 bits per heavy atom. The summed E-state index contributed by atoms with van der Waals surface area (Å²) >= 11 is 0. The zero-order chi connectivity index (χ0) is 26.5. The highest BCUT2D eigenvalue weighted by molar-refractivity contribution is 5.96. The Hall–Kier alpha value is -2.94. The van der Waals surface area contributed by atoms with E-state index in [4.69, 9.17) is 18.9 Å². The molecule has 2 aromatic rings. The Morgan fingerprint density at radius 2 is 1.87 bits per heavy atom. The lowest BCUT2D eigenvalue weighted by atomic mass is 9.75. The largest absolute Gasteiger partial charge is 0.491 e. The first-order chi connectivity index (χ1) is 18.6. The molecule has 1 saturated carbocycles. The standard InChI is InChI=1S/C30H38N2O6/c1-35-13-5-6-21-16-22(18-24(17-21)37-15-14-36-2)20-32(23-9-10-23)28(33)27-19-31-12-11-30(27)26-8-4-3-7-25(26)29(34)38-30/h3-4,7-8,16-18,23,27,31H,5-6,9-15,19-20H2,1-2H3/t27-,30?/m1/s1. The third kappa shape index (κ3) is 5.58. The van der Waals surface area contributed by atoms with E-state index in [0.717, 1.165) is 48.1 Å². The van der Waals surface area contributed by atoms with Gasteiger partial charge in [-0.15, -0.1) is 0 Å². The van der Waals surface area contributed by atoms with Crippen LogP contribution in [0.15, 0.2) is 42.5 Å². The molecular weight excluding hydrogens is 484 g/mol. The van der Waals surface area contributed by atoms with Crippen molar-refractivity contribution in [3.8, 4) is 5.75 Å². The van der Waals surface area contributed by atoms with Gasteiger partial charge in [0.25, 0.3) is 0 Å². The van der Waals surface area contributed by atoms with Gasteiger partial charge in [0.15, 0.2) is 5.60 Å². The summed E-state index contributed by atoms with van der Waals surface area (Å²) in [5.41, 5.74) is 2.69. The average molecular weight is 523 g/mol. The summed E-state index contributed by atoms with van der Waals surface area (Å²) in [6.07, 6.45) is 4.32. The summed E-state index contributed by atoms with van der Waals surface area (Å²) in [5.74, 6) is 0.00657. The van der Waals surface area contributed by atoms with Crippen LogP contribution in [0.25, 0.3) is 0 Å². The SMILES string of the molecule is COCCCc1cc(CN(C(=O)[C@H]2CNCCC23OC(=O)c2ccccc23)C2CC2)cc(OCCOC)c1. The van der Waals surface area contributed by atoms with Gasteiger partial charge < -0.3 is 29.2 Å². The smallest absolute Gasteiger partial charge is 0.339 e. The van der Waals surface area contributed by atoms with E-state index in [9.17, 15) is 9.59 Å². The number of methoxy groups -OCH3 is 2. The van der Waals surface area contributed by atoms with Gasteiger partial charge in [-0.05, 0) is 61.6 Å². The number of esters is 1. The second kappa shape index (κ2) is 11.8. The second-order valence-electron chi connectivity index (χ2n) is 10.5. The van der Waals surface area contributed by atoms with Crippen LogP contribution in [0.1, 0.15) is 52.7 Å². The lowest BCUT2D eigenvalue weighted by molar-refractivity contribution is -0.149. The van der Waals surface area contributed by atoms with E-state index in [1.165, 1.54) is 0 Å². The zero-order valence-electron chi connectivity index (χ0n) is 22.4. The molecule has 5 rings (SSSR count). The number of ether oxygens (including phenoxy) is 4. The van der Waals surface area contributed by atoms with Crippen LogP contribution in [0.2, 0.25) is 0 Å². The average Bonchev–Trinajstić information content (AvgIpc) is 3.73. The molecule has 3 aliphatic rings. The number of nitrogens with one attached hydrogen (secondary N) is 1. The molecule has 204 valence electrons. The van der Waals surface area contributed by atoms with Crippen molar-refractivity contribution in [1.29, 1.82) is 0 Å². The Labute approximate surface area is 224 Å². The third-order valence-electron chi connectivity index (χ3n) is 7.78. The van der Waals surface area contributed by atoms with E-state index in [0.29, 0.717) is 51.4 Å². The number of fused-ring (bicyclic) bond motifs is 2. The number of carbonyl (C=O) groups excluding carboxylic acids is 2. The van der Waals surface area contributed by atoms with Crippen molar-refractivity contribution in [1.82, 2.24) is 10.2 Å². The minimum Gasteiger partial charge on any atom is -0.491 e. The van der Waals surface area contributed by atoms with E-state index < -0.39 is 11.5 Å². The Kier molecular flexibility index (Phi) is 8.31. The van der Waals surface area contributed by atoms with Crippen LogP contribution >= 0.6 is 0 Å². The van der Waals surface area contributed by atoms with Gasteiger partial charge in [0, 0.05) is 51.9 Å². The topological polar surface area (TPSA) is 86.3 Å². The lowest BCUT2D eigenvalue weighted by Crippen LogP contribution is -2.55. The van der Waals surface area contributed by atoms with Crippen molar-refractivity contribution in [3.63, 3.8) is 0 Å². The lowest BCUT2D eigenvalue weighted by Gasteiger charge is -2.42. The summed E-state index contributed by atoms with van der Waals surface area (Å²) in [6, 6.07) is 14.0. The van der Waals surface area contributed by atoms with E-state index in [1.54, 1.807) is 20.3 Å². The Balaban J connectivity index is 1.41. The third-order valence-corrected chi connectivity index (χ3v) is 7.78. The summed E-state index contributed by atoms with van der Waals surface area (Å²) in [6.45, 7) is 3.32. The van der Waals surface area contributed by atoms with Gasteiger partial charge in [-0.3, -0.25) is 4.79 Å². The molecule has 0 bridgehead atoms. The fourth-order valence-corrected chi connectivity index (χ4v) is 5.78. The molecule has 1 spiro atoms. The molecule has 0 aromatic heterocycles. The first kappa shape index (κ1) is 26.7. The normalized spacial score (nSPS) is 22.3. The molecule has 0 radical (unpaired) electrons. The number of carbonyl (C=O) groups is 2. The number of nitrogens with zero attached hydrogens (tertiary/aromatic N) is 1. The van der Waals surface area contributed by atoms with Gasteiger partial charge >= 0.3 is 5.97 Å². The Bertz CT molecular complexity index is 1120. The van der Waals surface area contributed by atoms with Gasteiger partial charge in [0.05, 0.1) is 18.1 Å². The quantitative estimate of drug-likeness (QED) is 0.338. The first-order valence-electron chi connectivity index (χ1n) is 13.6. The summed E-state index contributed by atoms with van der Waals surface area (Å²) in [7, 11) is 3.36. The van der Waals surface area contributed by atoms with E-state index >= 15 is 0 Å². The van der Waals surface area contributed by atoms with E-state index in [-0.39, 0.29) is 17.9 Å². The molecule has 2 fully saturated rings. The minimum absolute atomic E-state index is 0.0378. The monoisotopic (exact) mass is 522 g/mol. The van der Waals surface area contributed by atoms with E-state index in [2.05, 4.69) is 17.4 Å². The van der Waals surface area contributed by atoms with Gasteiger partial charge in [0.2, 0.25) is 5.91 Å². The molecule has 2 atom stereocenters. The Morgan fingerprint density at radius 3 is 2.66 bits per heavy atom. The first-order valence-corrected chi connectivity index (χ1v) is 13.6. The molecule has 1 amide bonds. The number of hydrogen-bond acceptors (Lipinski definition) is 7. The molecule has 1 N–H and O–H groups in total. The summed E-state index contributed by atoms with van der Waals surface area (Å²) in [4.78, 5) is 29.1. The molecule has 1 saturated heterocycles. The molecule has 2 heterocycles.